The molecule has 33 heavy (non-hydrogen) atoms. The Morgan fingerprint density at radius 1 is 1.06 bits per heavy atom. The molecule has 1 saturated heterocycles. The molecule has 0 spiro atoms. The largest absolute Gasteiger partial charge is 0.370 e. The molecule has 2 aromatic heterocycles. The first-order valence-corrected chi connectivity index (χ1v) is 12.1. The fraction of sp³-hybridized carbons (Fsp3) is 0.259. The first kappa shape index (κ1) is 23.3. The Balaban J connectivity index is 0.00000259. The van der Waals surface area contributed by atoms with E-state index in [2.05, 4.69) is 83.2 Å². The zero-order chi connectivity index (χ0) is 21.9. The van der Waals surface area contributed by atoms with Gasteiger partial charge < -0.3 is 10.2 Å². The summed E-state index contributed by atoms with van der Waals surface area (Å²) in [5.41, 5.74) is 6.80. The van der Waals surface area contributed by atoms with Gasteiger partial charge in [-0.2, -0.15) is 0 Å². The number of thiophene rings is 1. The first-order chi connectivity index (χ1) is 15.7. The lowest BCUT2D eigenvalue weighted by atomic mass is 9.95. The zero-order valence-electron chi connectivity index (χ0n) is 18.7. The molecular weight excluding hydrogens is 450 g/mol. The maximum absolute atomic E-state index is 12.8. The van der Waals surface area contributed by atoms with Crippen molar-refractivity contribution < 1.29 is 4.79 Å². The molecule has 3 heterocycles. The van der Waals surface area contributed by atoms with E-state index in [4.69, 9.17) is 4.98 Å². The Morgan fingerprint density at radius 2 is 1.79 bits per heavy atom. The molecule has 1 aliphatic heterocycles. The van der Waals surface area contributed by atoms with Gasteiger partial charge in [0.05, 0.1) is 21.6 Å². The molecule has 1 aliphatic rings. The normalized spacial score (nSPS) is 14.2. The average molecular weight is 478 g/mol. The molecule has 0 radical (unpaired) electrons. The van der Waals surface area contributed by atoms with Crippen LogP contribution in [0.5, 0.6) is 0 Å². The van der Waals surface area contributed by atoms with E-state index in [0.29, 0.717) is 6.54 Å². The second-order valence-corrected chi connectivity index (χ2v) is 9.41. The summed E-state index contributed by atoms with van der Waals surface area (Å²) in [6.45, 7) is 4.44. The van der Waals surface area contributed by atoms with Gasteiger partial charge in [-0.3, -0.25) is 4.79 Å². The fourth-order valence-corrected chi connectivity index (χ4v) is 5.23. The molecule has 0 bridgehead atoms. The number of carbonyl (C=O) groups is 1. The second kappa shape index (κ2) is 10.4. The highest BCUT2D eigenvalue weighted by Gasteiger charge is 2.26. The Bertz CT molecular complexity index is 1220. The number of piperidine rings is 1. The Labute approximate surface area is 205 Å². The van der Waals surface area contributed by atoms with Crippen molar-refractivity contribution in [1.82, 2.24) is 10.3 Å². The van der Waals surface area contributed by atoms with Crippen LogP contribution in [0.2, 0.25) is 0 Å². The Kier molecular flexibility index (Phi) is 7.31. The number of aromatic nitrogens is 1. The summed E-state index contributed by atoms with van der Waals surface area (Å²) in [5.74, 6) is 0.247. The number of amides is 1. The number of hydrogen-bond acceptors (Lipinski definition) is 4. The van der Waals surface area contributed by atoms with E-state index in [-0.39, 0.29) is 24.2 Å². The third-order valence-electron chi connectivity index (χ3n) is 6.25. The van der Waals surface area contributed by atoms with Crippen molar-refractivity contribution in [1.29, 1.82) is 0 Å². The van der Waals surface area contributed by atoms with Gasteiger partial charge in [-0.25, -0.2) is 4.98 Å². The molecule has 2 aromatic carbocycles. The zero-order valence-corrected chi connectivity index (χ0v) is 20.3. The smallest absolute Gasteiger partial charge is 0.223 e. The number of pyridine rings is 1. The summed E-state index contributed by atoms with van der Waals surface area (Å²) in [4.78, 5) is 20.1. The van der Waals surface area contributed by atoms with Gasteiger partial charge in [-0.1, -0.05) is 60.2 Å². The number of fused-ring (bicyclic) bond motifs is 1. The minimum Gasteiger partial charge on any atom is -0.370 e. The van der Waals surface area contributed by atoms with Gasteiger partial charge in [-0.15, -0.1) is 23.7 Å². The standard InChI is InChI=1S/C27H27N3OS.ClH/c1-19-7-9-20(10-8-19)18-28-27(31)22-11-14-30(15-12-22)25-17-24(21-5-3-2-4-6-21)29-23-13-16-32-26(23)25;/h2-10,13,16-17,22H,11-12,14-15,18H2,1H3,(H,28,31);1H. The summed E-state index contributed by atoms with van der Waals surface area (Å²) >= 11 is 1.74. The summed E-state index contributed by atoms with van der Waals surface area (Å²) < 4.78 is 1.23. The van der Waals surface area contributed by atoms with Crippen molar-refractivity contribution in [2.24, 2.45) is 5.92 Å². The number of aryl methyl sites for hydroxylation is 1. The number of hydrogen-bond donors (Lipinski definition) is 1. The molecule has 170 valence electrons. The minimum absolute atomic E-state index is 0. The minimum atomic E-state index is 0. The fourth-order valence-electron chi connectivity index (χ4n) is 4.35. The number of halogens is 1. The summed E-state index contributed by atoms with van der Waals surface area (Å²) in [5, 5.41) is 5.25. The maximum atomic E-state index is 12.8. The van der Waals surface area contributed by atoms with Crippen LogP contribution in [0.4, 0.5) is 5.69 Å². The van der Waals surface area contributed by atoms with Crippen LogP contribution in [0.1, 0.15) is 24.0 Å². The number of nitrogens with one attached hydrogen (secondary N) is 1. The number of nitrogens with zero attached hydrogens (tertiary/aromatic N) is 2. The van der Waals surface area contributed by atoms with Crippen molar-refractivity contribution >= 4 is 45.6 Å². The lowest BCUT2D eigenvalue weighted by molar-refractivity contribution is -0.125. The van der Waals surface area contributed by atoms with Gasteiger partial charge in [-0.05, 0) is 42.8 Å². The molecular formula is C27H28ClN3OS. The van der Waals surface area contributed by atoms with E-state index >= 15 is 0 Å². The van der Waals surface area contributed by atoms with Crippen LogP contribution in [0, 0.1) is 12.8 Å². The summed E-state index contributed by atoms with van der Waals surface area (Å²) in [6.07, 6.45) is 1.74. The third kappa shape index (κ3) is 5.21. The Morgan fingerprint density at radius 3 is 2.52 bits per heavy atom. The van der Waals surface area contributed by atoms with Crippen molar-refractivity contribution in [2.45, 2.75) is 26.3 Å². The van der Waals surface area contributed by atoms with Gasteiger partial charge in [0.1, 0.15) is 0 Å². The topological polar surface area (TPSA) is 45.2 Å². The lowest BCUT2D eigenvalue weighted by Gasteiger charge is -2.33. The number of rotatable bonds is 5. The van der Waals surface area contributed by atoms with E-state index in [1.807, 2.05) is 6.07 Å². The molecule has 0 atom stereocenters. The number of anilines is 1. The van der Waals surface area contributed by atoms with Crippen molar-refractivity contribution in [3.63, 3.8) is 0 Å². The monoisotopic (exact) mass is 477 g/mol. The maximum Gasteiger partial charge on any atom is 0.223 e. The highest BCUT2D eigenvalue weighted by molar-refractivity contribution is 7.17. The van der Waals surface area contributed by atoms with E-state index in [1.165, 1.54) is 16.0 Å². The van der Waals surface area contributed by atoms with Crippen LogP contribution >= 0.6 is 23.7 Å². The van der Waals surface area contributed by atoms with Crippen LogP contribution in [-0.4, -0.2) is 24.0 Å². The molecule has 1 N–H and O–H groups in total. The van der Waals surface area contributed by atoms with Gasteiger partial charge in [0.15, 0.2) is 0 Å². The van der Waals surface area contributed by atoms with Gasteiger partial charge in [0, 0.05) is 31.1 Å². The summed E-state index contributed by atoms with van der Waals surface area (Å²) in [6, 6.07) is 23.0. The van der Waals surface area contributed by atoms with Crippen molar-refractivity contribution in [2.75, 3.05) is 18.0 Å². The number of carbonyl (C=O) groups excluding carboxylic acids is 1. The van der Waals surface area contributed by atoms with Crippen LogP contribution < -0.4 is 10.2 Å². The molecule has 1 amide bonds. The van der Waals surface area contributed by atoms with Crippen LogP contribution in [0.15, 0.2) is 72.1 Å². The molecule has 0 unspecified atom stereocenters. The molecule has 4 nitrogen and oxygen atoms in total. The quantitative estimate of drug-likeness (QED) is 0.370. The molecule has 5 rings (SSSR count). The predicted octanol–water partition coefficient (Wildman–Crippen LogP) is 6.23. The van der Waals surface area contributed by atoms with Gasteiger partial charge in [0.2, 0.25) is 5.91 Å². The van der Waals surface area contributed by atoms with Gasteiger partial charge >= 0.3 is 0 Å². The van der Waals surface area contributed by atoms with Crippen LogP contribution in [-0.2, 0) is 11.3 Å². The molecule has 6 heteroatoms. The van der Waals surface area contributed by atoms with Crippen LogP contribution in [0.25, 0.3) is 21.5 Å². The van der Waals surface area contributed by atoms with E-state index in [0.717, 1.165) is 48.3 Å². The highest BCUT2D eigenvalue weighted by Crippen LogP contribution is 2.36. The number of benzene rings is 2. The third-order valence-corrected chi connectivity index (χ3v) is 7.18. The average Bonchev–Trinajstić information content (AvgIpc) is 3.32. The molecule has 1 fully saturated rings. The van der Waals surface area contributed by atoms with E-state index in [1.54, 1.807) is 11.3 Å². The molecule has 0 saturated carbocycles. The van der Waals surface area contributed by atoms with Crippen LogP contribution in [0.3, 0.4) is 0 Å². The van der Waals surface area contributed by atoms with E-state index in [9.17, 15) is 4.79 Å². The Hall–Kier alpha value is -2.89. The lowest BCUT2D eigenvalue weighted by Crippen LogP contribution is -2.40. The van der Waals surface area contributed by atoms with Crippen molar-refractivity contribution in [3.8, 4) is 11.3 Å². The summed E-state index contributed by atoms with van der Waals surface area (Å²) in [7, 11) is 0. The SMILES string of the molecule is Cc1ccc(CNC(=O)C2CCN(c3cc(-c4ccccc4)nc4ccsc34)CC2)cc1.Cl. The molecule has 4 aromatic rings. The van der Waals surface area contributed by atoms with Gasteiger partial charge in [0.25, 0.3) is 0 Å². The van der Waals surface area contributed by atoms with Crippen molar-refractivity contribution in [3.05, 3.63) is 83.2 Å². The highest BCUT2D eigenvalue weighted by atomic mass is 35.5. The van der Waals surface area contributed by atoms with E-state index < -0.39 is 0 Å². The predicted molar refractivity (Wildman–Crippen MR) is 140 cm³/mol. The first-order valence-electron chi connectivity index (χ1n) is 11.2. The second-order valence-electron chi connectivity index (χ2n) is 8.49. The molecule has 0 aliphatic carbocycles.